The van der Waals surface area contributed by atoms with E-state index < -0.39 is 12.1 Å². The molecule has 0 aliphatic carbocycles. The van der Waals surface area contributed by atoms with Crippen molar-refractivity contribution in [3.05, 3.63) is 75.4 Å². The normalized spacial score (nSPS) is 11.6. The SMILES string of the molecule is CC(c1ccccc1Cl)N(C(=O)O)c1c(C#N)cnn1-c1ccc(Br)cc1. The molecule has 8 heteroatoms. The van der Waals surface area contributed by atoms with Gasteiger partial charge >= 0.3 is 6.09 Å². The number of nitrogens with zero attached hydrogens (tertiary/aromatic N) is 4. The zero-order valence-electron chi connectivity index (χ0n) is 14.2. The van der Waals surface area contributed by atoms with Crippen LogP contribution >= 0.6 is 27.5 Å². The Morgan fingerprint density at radius 1 is 1.30 bits per heavy atom. The van der Waals surface area contributed by atoms with Crippen LogP contribution in [0.5, 0.6) is 0 Å². The summed E-state index contributed by atoms with van der Waals surface area (Å²) in [6.07, 6.45) is 0.143. The highest BCUT2D eigenvalue weighted by molar-refractivity contribution is 9.10. The lowest BCUT2D eigenvalue weighted by Gasteiger charge is -2.28. The highest BCUT2D eigenvalue weighted by atomic mass is 79.9. The van der Waals surface area contributed by atoms with E-state index >= 15 is 0 Å². The molecule has 6 nitrogen and oxygen atoms in total. The Morgan fingerprint density at radius 2 is 1.96 bits per heavy atom. The fraction of sp³-hybridized carbons (Fsp3) is 0.105. The molecule has 0 saturated carbocycles. The van der Waals surface area contributed by atoms with Crippen molar-refractivity contribution < 1.29 is 9.90 Å². The minimum Gasteiger partial charge on any atom is -0.465 e. The number of hydrogen-bond acceptors (Lipinski definition) is 3. The summed E-state index contributed by atoms with van der Waals surface area (Å²) in [5.74, 6) is 0.166. The molecule has 0 aliphatic rings. The van der Waals surface area contributed by atoms with Crippen molar-refractivity contribution in [1.29, 1.82) is 5.26 Å². The summed E-state index contributed by atoms with van der Waals surface area (Å²) >= 11 is 9.63. The molecule has 2 aromatic carbocycles. The van der Waals surface area contributed by atoms with Crippen molar-refractivity contribution in [2.75, 3.05) is 4.90 Å². The van der Waals surface area contributed by atoms with E-state index in [1.807, 2.05) is 18.2 Å². The molecule has 0 aliphatic heterocycles. The molecule has 0 radical (unpaired) electrons. The molecule has 1 atom stereocenters. The number of rotatable bonds is 4. The summed E-state index contributed by atoms with van der Waals surface area (Å²) in [5.41, 5.74) is 1.42. The quantitative estimate of drug-likeness (QED) is 0.582. The first kappa shape index (κ1) is 19.0. The number of hydrogen-bond donors (Lipinski definition) is 1. The Morgan fingerprint density at radius 3 is 2.56 bits per heavy atom. The Bertz CT molecular complexity index is 1030. The van der Waals surface area contributed by atoms with E-state index in [2.05, 4.69) is 21.0 Å². The van der Waals surface area contributed by atoms with Gasteiger partial charge in [-0.25, -0.2) is 9.48 Å². The number of carbonyl (C=O) groups is 1. The van der Waals surface area contributed by atoms with Gasteiger partial charge in [-0.05, 0) is 42.8 Å². The van der Waals surface area contributed by atoms with Crippen LogP contribution in [0.2, 0.25) is 5.02 Å². The van der Waals surface area contributed by atoms with Crippen LogP contribution in [0.25, 0.3) is 5.69 Å². The van der Waals surface area contributed by atoms with Crippen molar-refractivity contribution in [2.24, 2.45) is 0 Å². The standard InChI is InChI=1S/C19H14BrClN4O2/c1-12(16-4-2-3-5-17(16)21)24(19(26)27)18-13(10-22)11-23-25(18)15-8-6-14(20)7-9-15/h2-9,11-12H,1H3,(H,26,27). The van der Waals surface area contributed by atoms with Crippen molar-refractivity contribution >= 4 is 39.4 Å². The van der Waals surface area contributed by atoms with Gasteiger partial charge in [0.15, 0.2) is 5.82 Å². The Hall–Kier alpha value is -2.82. The second kappa shape index (κ2) is 7.82. The topological polar surface area (TPSA) is 82.2 Å². The summed E-state index contributed by atoms with van der Waals surface area (Å²) < 4.78 is 2.31. The number of amides is 1. The molecule has 27 heavy (non-hydrogen) atoms. The van der Waals surface area contributed by atoms with E-state index in [0.29, 0.717) is 16.3 Å². The Kier molecular flexibility index (Phi) is 5.49. The van der Waals surface area contributed by atoms with E-state index in [0.717, 1.165) is 9.37 Å². The monoisotopic (exact) mass is 444 g/mol. The molecule has 1 amide bonds. The maximum atomic E-state index is 12.2. The van der Waals surface area contributed by atoms with Crippen molar-refractivity contribution in [3.8, 4) is 11.8 Å². The molecule has 1 N–H and O–H groups in total. The number of halogens is 2. The molecule has 0 saturated heterocycles. The van der Waals surface area contributed by atoms with E-state index in [1.54, 1.807) is 43.3 Å². The number of aromatic nitrogens is 2. The van der Waals surface area contributed by atoms with Crippen LogP contribution in [0, 0.1) is 11.3 Å². The van der Waals surface area contributed by atoms with Gasteiger partial charge in [0.1, 0.15) is 11.6 Å². The number of carboxylic acid groups (broad SMARTS) is 1. The molecule has 0 bridgehead atoms. The molecule has 0 spiro atoms. The van der Waals surface area contributed by atoms with E-state index in [-0.39, 0.29) is 11.4 Å². The lowest BCUT2D eigenvalue weighted by Crippen LogP contribution is -2.34. The Balaban J connectivity index is 2.18. The van der Waals surface area contributed by atoms with Crippen molar-refractivity contribution in [1.82, 2.24) is 9.78 Å². The Labute approximate surface area is 169 Å². The number of anilines is 1. The third-order valence-corrected chi connectivity index (χ3v) is 4.99. The number of benzene rings is 2. The van der Waals surface area contributed by atoms with Crippen LogP contribution in [0.4, 0.5) is 10.6 Å². The van der Waals surface area contributed by atoms with Gasteiger partial charge < -0.3 is 5.11 Å². The predicted molar refractivity (Wildman–Crippen MR) is 106 cm³/mol. The number of nitriles is 1. The van der Waals surface area contributed by atoms with Gasteiger partial charge in [-0.15, -0.1) is 0 Å². The maximum Gasteiger partial charge on any atom is 0.413 e. The minimum atomic E-state index is -1.21. The van der Waals surface area contributed by atoms with Gasteiger partial charge in [-0.1, -0.05) is 45.7 Å². The van der Waals surface area contributed by atoms with E-state index in [1.165, 1.54) is 10.9 Å². The second-order valence-corrected chi connectivity index (χ2v) is 7.05. The molecule has 3 rings (SSSR count). The first-order valence-electron chi connectivity index (χ1n) is 7.94. The van der Waals surface area contributed by atoms with Crippen molar-refractivity contribution in [2.45, 2.75) is 13.0 Å². The zero-order valence-corrected chi connectivity index (χ0v) is 16.5. The van der Waals surface area contributed by atoms with E-state index in [9.17, 15) is 15.2 Å². The van der Waals surface area contributed by atoms with Crippen LogP contribution in [-0.4, -0.2) is 21.0 Å². The van der Waals surface area contributed by atoms with Gasteiger partial charge in [-0.2, -0.15) is 10.4 Å². The summed E-state index contributed by atoms with van der Waals surface area (Å²) in [7, 11) is 0. The van der Waals surface area contributed by atoms with Crippen LogP contribution in [0.1, 0.15) is 24.1 Å². The van der Waals surface area contributed by atoms with E-state index in [4.69, 9.17) is 11.6 Å². The summed E-state index contributed by atoms with van der Waals surface area (Å²) in [4.78, 5) is 13.3. The van der Waals surface area contributed by atoms with Crippen LogP contribution in [0.3, 0.4) is 0 Å². The molecule has 1 aromatic heterocycles. The molecule has 3 aromatic rings. The third-order valence-electron chi connectivity index (χ3n) is 4.11. The van der Waals surface area contributed by atoms with Gasteiger partial charge in [0.2, 0.25) is 0 Å². The van der Waals surface area contributed by atoms with Gasteiger partial charge in [0.05, 0.1) is 17.9 Å². The fourth-order valence-corrected chi connectivity index (χ4v) is 3.37. The first-order valence-corrected chi connectivity index (χ1v) is 9.11. The third kappa shape index (κ3) is 3.68. The van der Waals surface area contributed by atoms with Crippen LogP contribution in [0.15, 0.2) is 59.2 Å². The molecule has 136 valence electrons. The highest BCUT2D eigenvalue weighted by Crippen LogP contribution is 2.34. The molecular weight excluding hydrogens is 432 g/mol. The first-order chi connectivity index (χ1) is 12.9. The van der Waals surface area contributed by atoms with Gasteiger partial charge in [0, 0.05) is 9.50 Å². The highest BCUT2D eigenvalue weighted by Gasteiger charge is 2.30. The second-order valence-electron chi connectivity index (χ2n) is 5.73. The van der Waals surface area contributed by atoms with Crippen LogP contribution in [-0.2, 0) is 0 Å². The molecule has 1 unspecified atom stereocenters. The molecule has 1 heterocycles. The van der Waals surface area contributed by atoms with Gasteiger partial charge in [-0.3, -0.25) is 4.90 Å². The zero-order chi connectivity index (χ0) is 19.6. The molecular formula is C19H14BrClN4O2. The fourth-order valence-electron chi connectivity index (χ4n) is 2.82. The largest absolute Gasteiger partial charge is 0.465 e. The summed E-state index contributed by atoms with van der Waals surface area (Å²) in [5, 5.41) is 24.1. The maximum absolute atomic E-state index is 12.2. The molecule has 0 fully saturated rings. The average molecular weight is 446 g/mol. The smallest absolute Gasteiger partial charge is 0.413 e. The minimum absolute atomic E-state index is 0.152. The lowest BCUT2D eigenvalue weighted by molar-refractivity contribution is 0.199. The summed E-state index contributed by atoms with van der Waals surface area (Å²) in [6.45, 7) is 1.72. The van der Waals surface area contributed by atoms with Crippen LogP contribution < -0.4 is 4.90 Å². The average Bonchev–Trinajstić information content (AvgIpc) is 3.06. The van der Waals surface area contributed by atoms with Gasteiger partial charge in [0.25, 0.3) is 0 Å². The summed E-state index contributed by atoms with van der Waals surface area (Å²) in [6, 6.07) is 15.6. The predicted octanol–water partition coefficient (Wildman–Crippen LogP) is 5.41. The lowest BCUT2D eigenvalue weighted by atomic mass is 10.1. The van der Waals surface area contributed by atoms with Crippen molar-refractivity contribution in [3.63, 3.8) is 0 Å².